The van der Waals surface area contributed by atoms with E-state index in [1.807, 2.05) is 54.7 Å². The molecule has 31 heavy (non-hydrogen) atoms. The van der Waals surface area contributed by atoms with E-state index in [9.17, 15) is 0 Å². The minimum absolute atomic E-state index is 0.703. The Hall–Kier alpha value is -3.58. The number of rotatable bonds is 6. The highest BCUT2D eigenvalue weighted by molar-refractivity contribution is 7.98. The Balaban J connectivity index is 1.50. The molecule has 0 aliphatic rings. The Morgan fingerprint density at radius 1 is 0.935 bits per heavy atom. The number of ether oxygens (including phenoxy) is 1. The molecule has 0 aliphatic heterocycles. The van der Waals surface area contributed by atoms with Crippen LogP contribution < -0.4 is 4.74 Å². The van der Waals surface area contributed by atoms with Crippen LogP contribution in [-0.4, -0.2) is 31.3 Å². The van der Waals surface area contributed by atoms with Gasteiger partial charge in [-0.3, -0.25) is 4.57 Å². The van der Waals surface area contributed by atoms with Crippen molar-refractivity contribution in [3.05, 3.63) is 90.4 Å². The predicted octanol–water partition coefficient (Wildman–Crippen LogP) is 5.19. The second-order valence-electron chi connectivity index (χ2n) is 7.15. The van der Waals surface area contributed by atoms with Crippen LogP contribution in [0.25, 0.3) is 22.7 Å². The first-order valence-corrected chi connectivity index (χ1v) is 10.9. The summed E-state index contributed by atoms with van der Waals surface area (Å²) in [5, 5.41) is 9.85. The first-order valence-electron chi connectivity index (χ1n) is 9.94. The van der Waals surface area contributed by atoms with Crippen molar-refractivity contribution in [2.45, 2.75) is 17.8 Å². The van der Waals surface area contributed by atoms with Gasteiger partial charge in [0.25, 0.3) is 0 Å². The molecular formula is C24H21N5OS. The van der Waals surface area contributed by atoms with E-state index < -0.39 is 0 Å². The van der Waals surface area contributed by atoms with Gasteiger partial charge >= 0.3 is 0 Å². The molecule has 0 radical (unpaired) electrons. The van der Waals surface area contributed by atoms with Gasteiger partial charge in [-0.2, -0.15) is 0 Å². The number of aryl methyl sites for hydroxylation is 1. The summed E-state index contributed by atoms with van der Waals surface area (Å²) in [6, 6.07) is 22.2. The summed E-state index contributed by atoms with van der Waals surface area (Å²) in [5.41, 5.74) is 5.15. The van der Waals surface area contributed by atoms with Crippen molar-refractivity contribution in [2.24, 2.45) is 0 Å². The van der Waals surface area contributed by atoms with Crippen LogP contribution in [-0.2, 0) is 5.75 Å². The van der Waals surface area contributed by atoms with Gasteiger partial charge in [-0.1, -0.05) is 36.0 Å². The minimum Gasteiger partial charge on any atom is -0.497 e. The lowest BCUT2D eigenvalue weighted by atomic mass is 10.2. The van der Waals surface area contributed by atoms with E-state index in [4.69, 9.17) is 9.72 Å². The average molecular weight is 428 g/mol. The normalized spacial score (nSPS) is 11.2. The number of imidazole rings is 1. The molecule has 0 amide bonds. The van der Waals surface area contributed by atoms with Crippen molar-refractivity contribution in [1.29, 1.82) is 0 Å². The molecule has 6 nitrogen and oxygen atoms in total. The number of fused-ring (bicyclic) bond motifs is 1. The van der Waals surface area contributed by atoms with Crippen LogP contribution in [0.3, 0.4) is 0 Å². The molecule has 0 aliphatic carbocycles. The van der Waals surface area contributed by atoms with Crippen LogP contribution in [0.2, 0.25) is 0 Å². The zero-order valence-corrected chi connectivity index (χ0v) is 18.1. The Labute approximate surface area is 184 Å². The number of pyridine rings is 1. The van der Waals surface area contributed by atoms with E-state index >= 15 is 0 Å². The van der Waals surface area contributed by atoms with Gasteiger partial charge < -0.3 is 9.14 Å². The Bertz CT molecular complexity index is 1330. The Morgan fingerprint density at radius 2 is 1.74 bits per heavy atom. The third kappa shape index (κ3) is 3.80. The standard InChI is InChI=1S/C24H21N5OS/c1-17-7-6-14-28-15-19(25-22(17)28)16-31-24-27-26-23(18-10-12-21(30-2)13-11-18)29(24)20-8-4-3-5-9-20/h3-15H,16H2,1-2H3. The maximum Gasteiger partial charge on any atom is 0.196 e. The van der Waals surface area contributed by atoms with Gasteiger partial charge in [0.1, 0.15) is 11.4 Å². The van der Waals surface area contributed by atoms with Gasteiger partial charge in [0.2, 0.25) is 0 Å². The van der Waals surface area contributed by atoms with Gasteiger partial charge in [-0.25, -0.2) is 4.98 Å². The Morgan fingerprint density at radius 3 is 2.48 bits per heavy atom. The van der Waals surface area contributed by atoms with Crippen LogP contribution >= 0.6 is 11.8 Å². The number of aromatic nitrogens is 5. The van der Waals surface area contributed by atoms with E-state index in [2.05, 4.69) is 50.5 Å². The fourth-order valence-electron chi connectivity index (χ4n) is 3.51. The van der Waals surface area contributed by atoms with E-state index in [-0.39, 0.29) is 0 Å². The summed E-state index contributed by atoms with van der Waals surface area (Å²) in [5.74, 6) is 2.31. The molecule has 154 valence electrons. The third-order valence-electron chi connectivity index (χ3n) is 5.07. The number of nitrogens with zero attached hydrogens (tertiary/aromatic N) is 5. The van der Waals surface area contributed by atoms with Gasteiger partial charge in [-0.15, -0.1) is 10.2 Å². The Kier molecular flexibility index (Phi) is 5.18. The van der Waals surface area contributed by atoms with Crippen molar-refractivity contribution < 1.29 is 4.74 Å². The van der Waals surface area contributed by atoms with Crippen molar-refractivity contribution in [3.8, 4) is 22.8 Å². The highest BCUT2D eigenvalue weighted by atomic mass is 32.2. The minimum atomic E-state index is 0.703. The third-order valence-corrected chi connectivity index (χ3v) is 6.04. The maximum atomic E-state index is 5.29. The lowest BCUT2D eigenvalue weighted by Gasteiger charge is -2.10. The van der Waals surface area contributed by atoms with E-state index in [1.54, 1.807) is 18.9 Å². The topological polar surface area (TPSA) is 57.2 Å². The quantitative estimate of drug-likeness (QED) is 0.349. The average Bonchev–Trinajstić information content (AvgIpc) is 3.43. The first-order chi connectivity index (χ1) is 15.2. The number of para-hydroxylation sites is 1. The lowest BCUT2D eigenvalue weighted by Crippen LogP contribution is -1.99. The van der Waals surface area contributed by atoms with Crippen molar-refractivity contribution >= 4 is 17.4 Å². The summed E-state index contributed by atoms with van der Waals surface area (Å²) in [4.78, 5) is 4.78. The first kappa shape index (κ1) is 19.4. The molecule has 2 aromatic carbocycles. The number of hydrogen-bond acceptors (Lipinski definition) is 5. The van der Waals surface area contributed by atoms with Crippen molar-refractivity contribution in [3.63, 3.8) is 0 Å². The smallest absolute Gasteiger partial charge is 0.196 e. The van der Waals surface area contributed by atoms with Crippen LogP contribution in [0.5, 0.6) is 5.75 Å². The molecule has 5 rings (SSSR count). The highest BCUT2D eigenvalue weighted by Gasteiger charge is 2.17. The fourth-order valence-corrected chi connectivity index (χ4v) is 4.35. The highest BCUT2D eigenvalue weighted by Crippen LogP contribution is 2.30. The van der Waals surface area contributed by atoms with Crippen molar-refractivity contribution in [2.75, 3.05) is 7.11 Å². The monoisotopic (exact) mass is 427 g/mol. The van der Waals surface area contributed by atoms with Crippen LogP contribution in [0.1, 0.15) is 11.3 Å². The molecule has 7 heteroatoms. The molecule has 0 saturated carbocycles. The van der Waals surface area contributed by atoms with E-state index in [0.717, 1.165) is 44.9 Å². The molecule has 0 bridgehead atoms. The molecule has 0 spiro atoms. The molecule has 5 aromatic rings. The second-order valence-corrected chi connectivity index (χ2v) is 8.09. The van der Waals surface area contributed by atoms with Crippen LogP contribution in [0.4, 0.5) is 0 Å². The number of hydrogen-bond donors (Lipinski definition) is 0. The zero-order valence-electron chi connectivity index (χ0n) is 17.3. The van der Waals surface area contributed by atoms with Gasteiger partial charge in [0.05, 0.1) is 12.8 Å². The zero-order chi connectivity index (χ0) is 21.2. The summed E-state index contributed by atoms with van der Waals surface area (Å²) in [7, 11) is 1.66. The maximum absolute atomic E-state index is 5.29. The summed E-state index contributed by atoms with van der Waals surface area (Å²) < 4.78 is 9.45. The predicted molar refractivity (Wildman–Crippen MR) is 123 cm³/mol. The number of benzene rings is 2. The molecular weight excluding hydrogens is 406 g/mol. The molecule has 3 aromatic heterocycles. The molecule has 0 fully saturated rings. The van der Waals surface area contributed by atoms with E-state index in [0.29, 0.717) is 5.75 Å². The van der Waals surface area contributed by atoms with Gasteiger partial charge in [-0.05, 0) is 55.0 Å². The number of thioether (sulfide) groups is 1. The molecule has 0 N–H and O–H groups in total. The lowest BCUT2D eigenvalue weighted by molar-refractivity contribution is 0.415. The molecule has 0 saturated heterocycles. The molecule has 0 unspecified atom stereocenters. The molecule has 0 atom stereocenters. The van der Waals surface area contributed by atoms with Gasteiger partial charge in [0, 0.05) is 29.4 Å². The largest absolute Gasteiger partial charge is 0.497 e. The second kappa shape index (κ2) is 8.28. The summed E-state index contributed by atoms with van der Waals surface area (Å²) in [6.45, 7) is 2.08. The van der Waals surface area contributed by atoms with Crippen LogP contribution in [0, 0.1) is 6.92 Å². The SMILES string of the molecule is COc1ccc(-c2nnc(SCc3cn4cccc(C)c4n3)n2-c2ccccc2)cc1. The van der Waals surface area contributed by atoms with Gasteiger partial charge in [0.15, 0.2) is 11.0 Å². The molecule has 3 heterocycles. The fraction of sp³-hybridized carbons (Fsp3) is 0.125. The number of methoxy groups -OCH3 is 1. The summed E-state index contributed by atoms with van der Waals surface area (Å²) in [6.07, 6.45) is 4.10. The van der Waals surface area contributed by atoms with Crippen LogP contribution in [0.15, 0.2) is 84.3 Å². The van der Waals surface area contributed by atoms with Crippen molar-refractivity contribution in [1.82, 2.24) is 24.1 Å². The summed E-state index contributed by atoms with van der Waals surface area (Å²) >= 11 is 1.63. The van der Waals surface area contributed by atoms with E-state index in [1.165, 1.54) is 0 Å².